The highest BCUT2D eigenvalue weighted by Gasteiger charge is 2.56. The lowest BCUT2D eigenvalue weighted by atomic mass is 9.89. The van der Waals surface area contributed by atoms with Crippen LogP contribution in [0.3, 0.4) is 0 Å². The number of nitrogens with zero attached hydrogens (tertiary/aromatic N) is 1. The molecular formula is C27H25ClF7N3O4. The van der Waals surface area contributed by atoms with Crippen molar-refractivity contribution in [3.63, 3.8) is 0 Å². The van der Waals surface area contributed by atoms with E-state index in [1.54, 1.807) is 0 Å². The average molecular weight is 624 g/mol. The Bertz CT molecular complexity index is 1460. The summed E-state index contributed by atoms with van der Waals surface area (Å²) in [6.45, 7) is -0.0742. The number of rotatable bonds is 9. The Morgan fingerprint density at radius 3 is 2.24 bits per heavy atom. The van der Waals surface area contributed by atoms with E-state index in [1.807, 2.05) is 5.32 Å². The third-order valence-corrected chi connectivity index (χ3v) is 6.29. The van der Waals surface area contributed by atoms with Crippen LogP contribution in [0.15, 0.2) is 48.5 Å². The first kappa shape index (κ1) is 32.9. The summed E-state index contributed by atoms with van der Waals surface area (Å²) in [4.78, 5) is 16.7. The van der Waals surface area contributed by atoms with Gasteiger partial charge < -0.3 is 25.6 Å². The molecule has 0 aliphatic rings. The van der Waals surface area contributed by atoms with Crippen molar-refractivity contribution in [3.8, 4) is 22.8 Å². The van der Waals surface area contributed by atoms with Crippen molar-refractivity contribution < 1.29 is 50.1 Å². The van der Waals surface area contributed by atoms with Crippen LogP contribution in [-0.4, -0.2) is 48.6 Å². The van der Waals surface area contributed by atoms with E-state index in [4.69, 9.17) is 22.1 Å². The standard InChI is InChI=1S/C27H25ClF7N3O4/c1-24(2,36)16-10-19(14-4-6-18(29)17(28)8-14)38-22(11-16)25(40,27(33,34)35)12-37-23(39)15-5-7-20(21(9-15)41-3)42-13-26(30,31)32/h4-11,40H,12-13,36H2,1-3H3,(H,37,39). The molecule has 0 radical (unpaired) electrons. The molecule has 0 spiro atoms. The number of alkyl halides is 6. The van der Waals surface area contributed by atoms with E-state index in [-0.39, 0.29) is 38.9 Å². The Kier molecular flexibility index (Phi) is 9.35. The van der Waals surface area contributed by atoms with Gasteiger partial charge in [0.15, 0.2) is 18.1 Å². The average Bonchev–Trinajstić information content (AvgIpc) is 2.89. The number of methoxy groups -OCH3 is 1. The summed E-state index contributed by atoms with van der Waals surface area (Å²) in [5.41, 5.74) is 0.0688. The molecule has 0 fully saturated rings. The molecule has 2 aromatic carbocycles. The third-order valence-electron chi connectivity index (χ3n) is 6.00. The molecule has 0 aliphatic carbocycles. The molecular weight excluding hydrogens is 599 g/mol. The molecule has 0 aliphatic heterocycles. The molecule has 0 saturated heterocycles. The number of nitrogens with two attached hydrogens (primary N) is 1. The van der Waals surface area contributed by atoms with Gasteiger partial charge in [0.25, 0.3) is 5.91 Å². The number of amides is 1. The maximum Gasteiger partial charge on any atom is 0.424 e. The number of halogens is 8. The summed E-state index contributed by atoms with van der Waals surface area (Å²) in [6, 6.07) is 8.58. The predicted molar refractivity (Wildman–Crippen MR) is 139 cm³/mol. The number of pyridine rings is 1. The van der Waals surface area contributed by atoms with E-state index in [0.717, 1.165) is 43.5 Å². The third kappa shape index (κ3) is 7.61. The minimum atomic E-state index is -5.38. The van der Waals surface area contributed by atoms with Gasteiger partial charge >= 0.3 is 12.4 Å². The second-order valence-corrected chi connectivity index (χ2v) is 10.2. The summed E-state index contributed by atoms with van der Waals surface area (Å²) < 4.78 is 104. The van der Waals surface area contributed by atoms with E-state index in [1.165, 1.54) is 26.0 Å². The zero-order chi connectivity index (χ0) is 31.7. The fraction of sp³-hybridized carbons (Fsp3) is 0.333. The van der Waals surface area contributed by atoms with Crippen LogP contribution in [-0.2, 0) is 11.1 Å². The van der Waals surface area contributed by atoms with Gasteiger partial charge in [0.1, 0.15) is 5.82 Å². The number of aromatic nitrogens is 1. The Morgan fingerprint density at radius 1 is 1.02 bits per heavy atom. The highest BCUT2D eigenvalue weighted by Crippen LogP contribution is 2.40. The van der Waals surface area contributed by atoms with E-state index in [0.29, 0.717) is 0 Å². The van der Waals surface area contributed by atoms with Gasteiger partial charge in [-0.25, -0.2) is 9.37 Å². The summed E-state index contributed by atoms with van der Waals surface area (Å²) in [6.07, 6.45) is -10.0. The maximum atomic E-state index is 14.4. The molecule has 1 atom stereocenters. The molecule has 228 valence electrons. The fourth-order valence-corrected chi connectivity index (χ4v) is 3.83. The van der Waals surface area contributed by atoms with Crippen molar-refractivity contribution in [1.82, 2.24) is 10.3 Å². The van der Waals surface area contributed by atoms with Crippen molar-refractivity contribution in [2.24, 2.45) is 5.73 Å². The molecule has 7 nitrogen and oxygen atoms in total. The summed E-state index contributed by atoms with van der Waals surface area (Å²) in [7, 11) is 1.09. The van der Waals surface area contributed by atoms with Gasteiger partial charge in [-0.05, 0) is 67.9 Å². The summed E-state index contributed by atoms with van der Waals surface area (Å²) in [5.74, 6) is -2.56. The van der Waals surface area contributed by atoms with Crippen molar-refractivity contribution in [1.29, 1.82) is 0 Å². The maximum absolute atomic E-state index is 14.4. The zero-order valence-corrected chi connectivity index (χ0v) is 23.0. The van der Waals surface area contributed by atoms with Crippen LogP contribution in [0.4, 0.5) is 30.7 Å². The lowest BCUT2D eigenvalue weighted by molar-refractivity contribution is -0.265. The zero-order valence-electron chi connectivity index (χ0n) is 22.3. The number of aliphatic hydroxyl groups is 1. The number of nitrogens with one attached hydrogen (secondary N) is 1. The van der Waals surface area contributed by atoms with Crippen LogP contribution in [0.1, 0.15) is 35.5 Å². The molecule has 42 heavy (non-hydrogen) atoms. The summed E-state index contributed by atoms with van der Waals surface area (Å²) >= 11 is 5.84. The predicted octanol–water partition coefficient (Wildman–Crippen LogP) is 5.86. The van der Waals surface area contributed by atoms with Gasteiger partial charge in [-0.3, -0.25) is 4.79 Å². The van der Waals surface area contributed by atoms with E-state index in [2.05, 4.69) is 9.72 Å². The molecule has 15 heteroatoms. The second kappa shape index (κ2) is 11.9. The highest BCUT2D eigenvalue weighted by molar-refractivity contribution is 6.31. The van der Waals surface area contributed by atoms with Gasteiger partial charge in [-0.2, -0.15) is 26.3 Å². The molecule has 0 bridgehead atoms. The fourth-order valence-electron chi connectivity index (χ4n) is 3.65. The Morgan fingerprint density at radius 2 is 1.69 bits per heavy atom. The Labute approximate surface area is 240 Å². The Balaban J connectivity index is 1.99. The van der Waals surface area contributed by atoms with Gasteiger partial charge in [0.05, 0.1) is 30.1 Å². The SMILES string of the molecule is COc1cc(C(=O)NCC(O)(c2cc(C(C)(C)N)cc(-c3ccc(F)c(Cl)c3)n2)C(F)(F)F)ccc1OCC(F)(F)F. The minimum absolute atomic E-state index is 0.115. The van der Waals surface area contributed by atoms with Crippen molar-refractivity contribution in [3.05, 3.63) is 76.2 Å². The monoisotopic (exact) mass is 623 g/mol. The van der Waals surface area contributed by atoms with Crippen molar-refractivity contribution >= 4 is 17.5 Å². The van der Waals surface area contributed by atoms with Gasteiger partial charge in [-0.1, -0.05) is 11.6 Å². The number of hydrogen-bond acceptors (Lipinski definition) is 6. The van der Waals surface area contributed by atoms with Crippen LogP contribution in [0, 0.1) is 5.82 Å². The topological polar surface area (TPSA) is 107 Å². The van der Waals surface area contributed by atoms with Gasteiger partial charge in [0.2, 0.25) is 5.60 Å². The quantitative estimate of drug-likeness (QED) is 0.258. The first-order valence-electron chi connectivity index (χ1n) is 12.0. The molecule has 3 aromatic rings. The lowest BCUT2D eigenvalue weighted by Gasteiger charge is -2.32. The number of hydrogen-bond donors (Lipinski definition) is 3. The minimum Gasteiger partial charge on any atom is -0.493 e. The van der Waals surface area contributed by atoms with Crippen LogP contribution in [0.2, 0.25) is 5.02 Å². The van der Waals surface area contributed by atoms with E-state index >= 15 is 0 Å². The van der Waals surface area contributed by atoms with Crippen molar-refractivity contribution in [2.75, 3.05) is 20.3 Å². The number of carbonyl (C=O) groups is 1. The van der Waals surface area contributed by atoms with Gasteiger partial charge in [0, 0.05) is 16.7 Å². The molecule has 4 N–H and O–H groups in total. The van der Waals surface area contributed by atoms with Crippen LogP contribution >= 0.6 is 11.6 Å². The second-order valence-electron chi connectivity index (χ2n) is 9.79. The molecule has 0 saturated carbocycles. The first-order valence-corrected chi connectivity index (χ1v) is 12.4. The van der Waals surface area contributed by atoms with Crippen molar-refractivity contribution in [2.45, 2.75) is 37.3 Å². The largest absolute Gasteiger partial charge is 0.493 e. The molecule has 1 heterocycles. The normalized spacial score (nSPS) is 13.8. The number of carbonyl (C=O) groups excluding carboxylic acids is 1. The smallest absolute Gasteiger partial charge is 0.424 e. The van der Waals surface area contributed by atoms with Crippen LogP contribution in [0.5, 0.6) is 11.5 Å². The van der Waals surface area contributed by atoms with Crippen LogP contribution in [0.25, 0.3) is 11.3 Å². The number of benzene rings is 2. The first-order chi connectivity index (χ1) is 19.2. The van der Waals surface area contributed by atoms with E-state index < -0.39 is 54.1 Å². The lowest BCUT2D eigenvalue weighted by Crippen LogP contribution is -2.51. The van der Waals surface area contributed by atoms with E-state index in [9.17, 15) is 40.6 Å². The number of ether oxygens (including phenoxy) is 2. The molecule has 1 unspecified atom stereocenters. The molecule has 1 amide bonds. The molecule has 3 rings (SSSR count). The molecule has 1 aromatic heterocycles. The summed E-state index contributed by atoms with van der Waals surface area (Å²) in [5, 5.41) is 12.6. The Hall–Kier alpha value is -3.62. The highest BCUT2D eigenvalue weighted by atomic mass is 35.5. The van der Waals surface area contributed by atoms with Gasteiger partial charge in [-0.15, -0.1) is 0 Å². The van der Waals surface area contributed by atoms with Crippen LogP contribution < -0.4 is 20.5 Å².